The molecular weight excluding hydrogens is 378 g/mol. The second kappa shape index (κ2) is 7.85. The summed E-state index contributed by atoms with van der Waals surface area (Å²) in [6.45, 7) is 0.808. The molecule has 3 aromatic rings. The van der Waals surface area contributed by atoms with E-state index < -0.39 is 6.09 Å². The molecule has 2 heterocycles. The third-order valence-corrected chi connectivity index (χ3v) is 5.36. The molecule has 0 bridgehead atoms. The van der Waals surface area contributed by atoms with E-state index >= 15 is 0 Å². The number of hydrogen-bond acceptors (Lipinski definition) is 6. The van der Waals surface area contributed by atoms with Crippen molar-refractivity contribution in [2.24, 2.45) is 0 Å². The van der Waals surface area contributed by atoms with Gasteiger partial charge in [-0.25, -0.2) is 14.7 Å². The standard InChI is InChI=1S/C20H17N3O4S/c24-17(22-10-11-27-20(22)26)13-28-19-21-16-9-5-4-8-15(16)18(25)23(19)12-14-6-2-1-3-7-14/h1-9H,10-13H2. The average Bonchev–Trinajstić information content (AvgIpc) is 3.15. The smallest absolute Gasteiger partial charge is 0.416 e. The van der Waals surface area contributed by atoms with Crippen LogP contribution < -0.4 is 5.56 Å². The normalized spacial score (nSPS) is 13.7. The molecule has 8 heteroatoms. The Kier molecular flexibility index (Phi) is 5.12. The predicted octanol–water partition coefficient (Wildman–Crippen LogP) is 2.52. The lowest BCUT2D eigenvalue weighted by atomic mass is 10.2. The third kappa shape index (κ3) is 3.63. The van der Waals surface area contributed by atoms with E-state index in [4.69, 9.17) is 4.74 Å². The Morgan fingerprint density at radius 3 is 2.57 bits per heavy atom. The van der Waals surface area contributed by atoms with E-state index in [1.807, 2.05) is 36.4 Å². The molecule has 0 saturated carbocycles. The summed E-state index contributed by atoms with van der Waals surface area (Å²) in [6, 6.07) is 16.7. The van der Waals surface area contributed by atoms with Crippen LogP contribution in [0.5, 0.6) is 0 Å². The van der Waals surface area contributed by atoms with E-state index in [2.05, 4.69) is 4.98 Å². The van der Waals surface area contributed by atoms with E-state index in [1.54, 1.807) is 22.8 Å². The van der Waals surface area contributed by atoms with Gasteiger partial charge in [0.05, 0.1) is 29.7 Å². The van der Waals surface area contributed by atoms with Gasteiger partial charge in [0.15, 0.2) is 5.16 Å². The highest BCUT2D eigenvalue weighted by Gasteiger charge is 2.28. The summed E-state index contributed by atoms with van der Waals surface area (Å²) >= 11 is 1.15. The average molecular weight is 395 g/mol. The quantitative estimate of drug-likeness (QED) is 0.488. The summed E-state index contributed by atoms with van der Waals surface area (Å²) < 4.78 is 6.37. The molecule has 1 fully saturated rings. The van der Waals surface area contributed by atoms with E-state index in [0.29, 0.717) is 22.6 Å². The fourth-order valence-electron chi connectivity index (χ4n) is 2.99. The van der Waals surface area contributed by atoms with Gasteiger partial charge in [-0.2, -0.15) is 0 Å². The van der Waals surface area contributed by atoms with Gasteiger partial charge in [-0.1, -0.05) is 54.2 Å². The van der Waals surface area contributed by atoms with Gasteiger partial charge in [0, 0.05) is 0 Å². The zero-order chi connectivity index (χ0) is 19.5. The van der Waals surface area contributed by atoms with Crippen molar-refractivity contribution < 1.29 is 14.3 Å². The maximum atomic E-state index is 13.0. The zero-order valence-corrected chi connectivity index (χ0v) is 15.7. The number of fused-ring (bicyclic) bond motifs is 1. The van der Waals surface area contributed by atoms with Gasteiger partial charge in [-0.3, -0.25) is 14.2 Å². The largest absolute Gasteiger partial charge is 0.447 e. The molecule has 4 rings (SSSR count). The van der Waals surface area contributed by atoms with Crippen LogP contribution in [0.25, 0.3) is 10.9 Å². The van der Waals surface area contributed by atoms with Crippen molar-refractivity contribution in [1.82, 2.24) is 14.5 Å². The molecule has 1 aromatic heterocycles. The fourth-order valence-corrected chi connectivity index (χ4v) is 3.86. The van der Waals surface area contributed by atoms with Crippen LogP contribution in [0.4, 0.5) is 4.79 Å². The van der Waals surface area contributed by atoms with Crippen molar-refractivity contribution in [3.63, 3.8) is 0 Å². The predicted molar refractivity (Wildman–Crippen MR) is 105 cm³/mol. The molecule has 28 heavy (non-hydrogen) atoms. The minimum absolute atomic E-state index is 0.00529. The molecule has 2 amide bonds. The fraction of sp³-hybridized carbons (Fsp3) is 0.200. The van der Waals surface area contributed by atoms with Crippen LogP contribution in [0.1, 0.15) is 5.56 Å². The Balaban J connectivity index is 1.67. The molecule has 1 aliphatic rings. The van der Waals surface area contributed by atoms with Gasteiger partial charge in [-0.15, -0.1) is 0 Å². The highest BCUT2D eigenvalue weighted by Crippen LogP contribution is 2.20. The lowest BCUT2D eigenvalue weighted by Crippen LogP contribution is -2.33. The summed E-state index contributed by atoms with van der Waals surface area (Å²) in [5.74, 6) is -0.365. The van der Waals surface area contributed by atoms with Crippen molar-refractivity contribution in [3.05, 3.63) is 70.5 Å². The topological polar surface area (TPSA) is 81.5 Å². The summed E-state index contributed by atoms with van der Waals surface area (Å²) in [6.07, 6.45) is -0.626. The zero-order valence-electron chi connectivity index (χ0n) is 14.9. The number of imide groups is 1. The SMILES string of the molecule is O=C(CSc1nc2ccccc2c(=O)n1Cc1ccccc1)N1CCOC1=O. The molecule has 0 atom stereocenters. The highest BCUT2D eigenvalue weighted by atomic mass is 32.2. The number of amides is 2. The van der Waals surface area contributed by atoms with Gasteiger partial charge in [-0.05, 0) is 17.7 Å². The first kappa shape index (κ1) is 18.2. The maximum Gasteiger partial charge on any atom is 0.416 e. The number of carbonyl (C=O) groups excluding carboxylic acids is 2. The molecule has 142 valence electrons. The molecule has 0 N–H and O–H groups in total. The van der Waals surface area contributed by atoms with Crippen molar-refractivity contribution in [1.29, 1.82) is 0 Å². The summed E-state index contributed by atoms with van der Waals surface area (Å²) in [4.78, 5) is 42.6. The number of thioether (sulfide) groups is 1. The monoisotopic (exact) mass is 395 g/mol. The first-order valence-electron chi connectivity index (χ1n) is 8.77. The minimum atomic E-state index is -0.626. The Bertz CT molecular complexity index is 1100. The first-order valence-corrected chi connectivity index (χ1v) is 9.75. The van der Waals surface area contributed by atoms with Crippen LogP contribution in [0.3, 0.4) is 0 Å². The molecule has 0 radical (unpaired) electrons. The van der Waals surface area contributed by atoms with Crippen molar-refractivity contribution in [3.8, 4) is 0 Å². The minimum Gasteiger partial charge on any atom is -0.447 e. The molecule has 7 nitrogen and oxygen atoms in total. The third-order valence-electron chi connectivity index (χ3n) is 4.40. The van der Waals surface area contributed by atoms with Gasteiger partial charge >= 0.3 is 6.09 Å². The lowest BCUT2D eigenvalue weighted by Gasteiger charge is -2.14. The lowest BCUT2D eigenvalue weighted by molar-refractivity contribution is -0.125. The summed E-state index contributed by atoms with van der Waals surface area (Å²) in [5.41, 5.74) is 1.37. The first-order chi connectivity index (χ1) is 13.6. The number of aromatic nitrogens is 2. The van der Waals surface area contributed by atoms with Crippen LogP contribution in [0, 0.1) is 0 Å². The number of benzene rings is 2. The highest BCUT2D eigenvalue weighted by molar-refractivity contribution is 7.99. The van der Waals surface area contributed by atoms with E-state index in [9.17, 15) is 14.4 Å². The van der Waals surface area contributed by atoms with Crippen molar-refractivity contribution >= 4 is 34.7 Å². The Morgan fingerprint density at radius 2 is 1.82 bits per heavy atom. The van der Waals surface area contributed by atoms with E-state index in [1.165, 1.54) is 0 Å². The van der Waals surface area contributed by atoms with Crippen LogP contribution >= 0.6 is 11.8 Å². The number of ether oxygens (including phenoxy) is 1. The molecule has 0 unspecified atom stereocenters. The number of nitrogens with zero attached hydrogens (tertiary/aromatic N) is 3. The van der Waals surface area contributed by atoms with Gasteiger partial charge < -0.3 is 4.74 Å². The number of rotatable bonds is 5. The molecule has 1 aliphatic heterocycles. The van der Waals surface area contributed by atoms with E-state index in [0.717, 1.165) is 22.2 Å². The van der Waals surface area contributed by atoms with Crippen LogP contribution in [-0.4, -0.2) is 45.4 Å². The Hall–Kier alpha value is -3.13. The van der Waals surface area contributed by atoms with Crippen molar-refractivity contribution in [2.45, 2.75) is 11.7 Å². The van der Waals surface area contributed by atoms with Crippen LogP contribution in [0.15, 0.2) is 64.5 Å². The van der Waals surface area contributed by atoms with E-state index in [-0.39, 0.29) is 30.4 Å². The molecule has 0 aliphatic carbocycles. The maximum absolute atomic E-state index is 13.0. The molecule has 2 aromatic carbocycles. The summed E-state index contributed by atoms with van der Waals surface area (Å²) in [5, 5.41) is 0.964. The van der Waals surface area contributed by atoms with Crippen LogP contribution in [-0.2, 0) is 16.1 Å². The van der Waals surface area contributed by atoms with Gasteiger partial charge in [0.2, 0.25) is 5.91 Å². The van der Waals surface area contributed by atoms with Crippen molar-refractivity contribution in [2.75, 3.05) is 18.9 Å². The molecule has 1 saturated heterocycles. The Morgan fingerprint density at radius 1 is 1.07 bits per heavy atom. The second-order valence-electron chi connectivity index (χ2n) is 6.24. The number of carbonyl (C=O) groups is 2. The van der Waals surface area contributed by atoms with Crippen LogP contribution in [0.2, 0.25) is 0 Å². The van der Waals surface area contributed by atoms with Gasteiger partial charge in [0.25, 0.3) is 5.56 Å². The number of cyclic esters (lactones) is 1. The van der Waals surface area contributed by atoms with Gasteiger partial charge in [0.1, 0.15) is 6.61 Å². The summed E-state index contributed by atoms with van der Waals surface area (Å²) in [7, 11) is 0. The molecular formula is C20H17N3O4S. The number of para-hydroxylation sites is 1. The second-order valence-corrected chi connectivity index (χ2v) is 7.18. The molecule has 0 spiro atoms. The Labute approximate surface area is 164 Å². The number of hydrogen-bond donors (Lipinski definition) is 0.